The molecule has 114 valence electrons. The van der Waals surface area contributed by atoms with E-state index in [-0.39, 0.29) is 11.4 Å². The lowest BCUT2D eigenvalue weighted by atomic mass is 10.1. The van der Waals surface area contributed by atoms with Crippen LogP contribution in [0.4, 0.5) is 13.2 Å². The predicted molar refractivity (Wildman–Crippen MR) is 64.6 cm³/mol. The third-order valence-electron chi connectivity index (χ3n) is 2.06. The predicted octanol–water partition coefficient (Wildman–Crippen LogP) is 1.63. The molecule has 0 fully saturated rings. The molecule has 20 heavy (non-hydrogen) atoms. The minimum atomic E-state index is -4.83. The smallest absolute Gasteiger partial charge is 0.406 e. The minimum absolute atomic E-state index is 0.226. The molecular weight excluding hydrogens is 299 g/mol. The van der Waals surface area contributed by atoms with Crippen LogP contribution in [0.3, 0.4) is 0 Å². The number of sulfonamides is 1. The van der Waals surface area contributed by atoms with Crippen LogP contribution in [-0.4, -0.2) is 32.0 Å². The van der Waals surface area contributed by atoms with E-state index in [0.717, 1.165) is 24.3 Å². The first-order valence-electron chi connectivity index (χ1n) is 5.47. The number of aliphatic hydroxyl groups is 1. The molecule has 0 aliphatic heterocycles. The van der Waals surface area contributed by atoms with Gasteiger partial charge in [-0.15, -0.1) is 13.2 Å². The second kappa shape index (κ2) is 5.58. The van der Waals surface area contributed by atoms with Crippen LogP contribution >= 0.6 is 0 Å². The summed E-state index contributed by atoms with van der Waals surface area (Å²) in [4.78, 5) is -0.226. The molecule has 0 saturated carbocycles. The van der Waals surface area contributed by atoms with Gasteiger partial charge < -0.3 is 9.84 Å². The van der Waals surface area contributed by atoms with Crippen LogP contribution in [0.2, 0.25) is 0 Å². The molecule has 0 radical (unpaired) electrons. The topological polar surface area (TPSA) is 75.6 Å². The maximum Gasteiger partial charge on any atom is 0.573 e. The van der Waals surface area contributed by atoms with Crippen molar-refractivity contribution < 1.29 is 31.4 Å². The lowest BCUT2D eigenvalue weighted by Gasteiger charge is -2.17. The largest absolute Gasteiger partial charge is 0.573 e. The van der Waals surface area contributed by atoms with Crippen molar-refractivity contribution in [2.24, 2.45) is 0 Å². The van der Waals surface area contributed by atoms with Crippen molar-refractivity contribution in [1.82, 2.24) is 4.72 Å². The second-order valence-electron chi connectivity index (χ2n) is 4.66. The van der Waals surface area contributed by atoms with Crippen molar-refractivity contribution >= 4 is 10.0 Å². The number of rotatable bonds is 5. The molecule has 0 unspecified atom stereocenters. The number of hydrogen-bond acceptors (Lipinski definition) is 4. The Morgan fingerprint density at radius 3 is 2.10 bits per heavy atom. The highest BCUT2D eigenvalue weighted by atomic mass is 32.2. The Morgan fingerprint density at radius 2 is 1.70 bits per heavy atom. The normalized spacial score (nSPS) is 13.3. The van der Waals surface area contributed by atoms with Crippen LogP contribution in [-0.2, 0) is 10.0 Å². The maximum atomic E-state index is 11.9. The summed E-state index contributed by atoms with van der Waals surface area (Å²) in [6.07, 6.45) is -4.83. The molecule has 0 saturated heterocycles. The standard InChI is InChI=1S/C11H14F3NO4S/c1-10(2,16)7-15-20(17,18)9-5-3-8(4-6-9)19-11(12,13)14/h3-6,15-16H,7H2,1-2H3. The quantitative estimate of drug-likeness (QED) is 0.866. The third kappa shape index (κ3) is 5.76. The Bertz CT molecular complexity index is 547. The van der Waals surface area contributed by atoms with Gasteiger partial charge in [-0.1, -0.05) is 0 Å². The summed E-state index contributed by atoms with van der Waals surface area (Å²) in [6.45, 7) is 2.60. The molecule has 9 heteroatoms. The molecule has 0 heterocycles. The highest BCUT2D eigenvalue weighted by molar-refractivity contribution is 7.89. The van der Waals surface area contributed by atoms with Gasteiger partial charge in [-0.25, -0.2) is 13.1 Å². The fraction of sp³-hybridized carbons (Fsp3) is 0.455. The summed E-state index contributed by atoms with van der Waals surface area (Å²) in [5, 5.41) is 9.43. The summed E-state index contributed by atoms with van der Waals surface area (Å²) in [5.74, 6) is -0.515. The molecule has 0 aromatic heterocycles. The minimum Gasteiger partial charge on any atom is -0.406 e. The first-order chi connectivity index (χ1) is 8.89. The number of benzene rings is 1. The van der Waals surface area contributed by atoms with Gasteiger partial charge in [0, 0.05) is 6.54 Å². The first-order valence-corrected chi connectivity index (χ1v) is 6.95. The van der Waals surface area contributed by atoms with Crippen molar-refractivity contribution in [3.05, 3.63) is 24.3 Å². The van der Waals surface area contributed by atoms with Gasteiger partial charge in [0.25, 0.3) is 0 Å². The van der Waals surface area contributed by atoms with E-state index in [0.29, 0.717) is 0 Å². The Kier molecular flexibility index (Phi) is 4.67. The van der Waals surface area contributed by atoms with Crippen molar-refractivity contribution in [3.8, 4) is 5.75 Å². The molecule has 0 atom stereocenters. The molecule has 0 amide bonds. The zero-order valence-corrected chi connectivity index (χ0v) is 11.5. The molecule has 0 spiro atoms. The van der Waals surface area contributed by atoms with Gasteiger partial charge in [0.15, 0.2) is 0 Å². The number of ether oxygens (including phenoxy) is 1. The zero-order chi connectivity index (χ0) is 15.6. The van der Waals surface area contributed by atoms with Crippen LogP contribution < -0.4 is 9.46 Å². The molecule has 1 aromatic rings. The molecule has 2 N–H and O–H groups in total. The van der Waals surface area contributed by atoms with E-state index in [1.165, 1.54) is 13.8 Å². The molecule has 1 rings (SSSR count). The highest BCUT2D eigenvalue weighted by Gasteiger charge is 2.31. The van der Waals surface area contributed by atoms with E-state index in [2.05, 4.69) is 9.46 Å². The summed E-state index contributed by atoms with van der Waals surface area (Å²) < 4.78 is 65.2. The van der Waals surface area contributed by atoms with Crippen LogP contribution in [0.25, 0.3) is 0 Å². The Hall–Kier alpha value is -1.32. The van der Waals surface area contributed by atoms with E-state index in [9.17, 15) is 26.7 Å². The van der Waals surface area contributed by atoms with Crippen molar-refractivity contribution in [3.63, 3.8) is 0 Å². The van der Waals surface area contributed by atoms with Crippen LogP contribution in [0.5, 0.6) is 5.75 Å². The number of nitrogens with one attached hydrogen (secondary N) is 1. The first kappa shape index (κ1) is 16.7. The third-order valence-corrected chi connectivity index (χ3v) is 3.48. The van der Waals surface area contributed by atoms with Gasteiger partial charge in [-0.05, 0) is 38.1 Å². The Balaban J connectivity index is 2.82. The Labute approximate surface area is 114 Å². The fourth-order valence-corrected chi connectivity index (χ4v) is 2.38. The number of alkyl halides is 3. The molecule has 5 nitrogen and oxygen atoms in total. The molecular formula is C11H14F3NO4S. The van der Waals surface area contributed by atoms with Gasteiger partial charge in [0.05, 0.1) is 10.5 Å². The van der Waals surface area contributed by atoms with Crippen LogP contribution in [0, 0.1) is 0 Å². The fourth-order valence-electron chi connectivity index (χ4n) is 1.18. The van der Waals surface area contributed by atoms with Crippen molar-refractivity contribution in [2.45, 2.75) is 30.7 Å². The average Bonchev–Trinajstić information content (AvgIpc) is 2.24. The van der Waals surface area contributed by atoms with Gasteiger partial charge in [0.2, 0.25) is 10.0 Å². The van der Waals surface area contributed by atoms with Gasteiger partial charge >= 0.3 is 6.36 Å². The molecule has 1 aromatic carbocycles. The van der Waals surface area contributed by atoms with E-state index in [1.807, 2.05) is 0 Å². The van der Waals surface area contributed by atoms with E-state index in [1.54, 1.807) is 0 Å². The van der Waals surface area contributed by atoms with Crippen LogP contribution in [0.1, 0.15) is 13.8 Å². The van der Waals surface area contributed by atoms with Gasteiger partial charge in [-0.3, -0.25) is 0 Å². The van der Waals surface area contributed by atoms with Gasteiger partial charge in [0.1, 0.15) is 5.75 Å². The summed E-state index contributed by atoms with van der Waals surface area (Å²) in [7, 11) is -3.90. The lowest BCUT2D eigenvalue weighted by Crippen LogP contribution is -2.38. The van der Waals surface area contributed by atoms with Gasteiger partial charge in [-0.2, -0.15) is 0 Å². The average molecular weight is 313 g/mol. The SMILES string of the molecule is CC(C)(O)CNS(=O)(=O)c1ccc(OC(F)(F)F)cc1. The monoisotopic (exact) mass is 313 g/mol. The molecule has 0 aliphatic rings. The summed E-state index contributed by atoms with van der Waals surface area (Å²) in [6, 6.07) is 3.75. The number of halogens is 3. The number of hydrogen-bond donors (Lipinski definition) is 2. The molecule has 0 bridgehead atoms. The van der Waals surface area contributed by atoms with Crippen LogP contribution in [0.15, 0.2) is 29.2 Å². The summed E-state index contributed by atoms with van der Waals surface area (Å²) in [5.41, 5.74) is -1.24. The summed E-state index contributed by atoms with van der Waals surface area (Å²) >= 11 is 0. The Morgan fingerprint density at radius 1 is 1.20 bits per heavy atom. The van der Waals surface area contributed by atoms with E-state index >= 15 is 0 Å². The highest BCUT2D eigenvalue weighted by Crippen LogP contribution is 2.23. The molecule has 0 aliphatic carbocycles. The lowest BCUT2D eigenvalue weighted by molar-refractivity contribution is -0.274. The van der Waals surface area contributed by atoms with E-state index < -0.39 is 27.7 Å². The zero-order valence-electron chi connectivity index (χ0n) is 10.7. The maximum absolute atomic E-state index is 11.9. The second-order valence-corrected chi connectivity index (χ2v) is 6.42. The van der Waals surface area contributed by atoms with E-state index in [4.69, 9.17) is 0 Å². The van der Waals surface area contributed by atoms with Crippen molar-refractivity contribution in [1.29, 1.82) is 0 Å². The van der Waals surface area contributed by atoms with Crippen molar-refractivity contribution in [2.75, 3.05) is 6.54 Å².